The van der Waals surface area contributed by atoms with Gasteiger partial charge in [0.1, 0.15) is 5.41 Å². The molecule has 0 bridgehead atoms. The van der Waals surface area contributed by atoms with Crippen LogP contribution in [0.5, 0.6) is 0 Å². The van der Waals surface area contributed by atoms with Crippen molar-refractivity contribution < 1.29 is 0 Å². The van der Waals surface area contributed by atoms with E-state index in [1.54, 1.807) is 0 Å². The summed E-state index contributed by atoms with van der Waals surface area (Å²) in [5, 5.41) is 0. The Hall–Kier alpha value is -6.88. The van der Waals surface area contributed by atoms with Crippen LogP contribution in [0.3, 0.4) is 0 Å². The van der Waals surface area contributed by atoms with Gasteiger partial charge < -0.3 is 4.90 Å². The van der Waals surface area contributed by atoms with Gasteiger partial charge in [0, 0.05) is 22.6 Å². The normalized spacial score (nSPS) is 14.0. The first-order valence-electron chi connectivity index (χ1n) is 18.6. The van der Waals surface area contributed by atoms with Crippen molar-refractivity contribution in [1.29, 1.82) is 0 Å². The molecule has 0 radical (unpaired) electrons. The first kappa shape index (κ1) is 33.0. The summed E-state index contributed by atoms with van der Waals surface area (Å²) in [6.07, 6.45) is 0. The Morgan fingerprint density at radius 1 is 0.389 bits per heavy atom. The van der Waals surface area contributed by atoms with Crippen LogP contribution >= 0.6 is 0 Å². The number of fused-ring (bicyclic) bond motifs is 3. The van der Waals surface area contributed by atoms with E-state index in [1.165, 1.54) is 55.6 Å². The maximum Gasteiger partial charge on any atom is 0.108 e. The smallest absolute Gasteiger partial charge is 0.108 e. The number of anilines is 3. The molecule has 1 aliphatic carbocycles. The molecule has 8 aromatic rings. The van der Waals surface area contributed by atoms with E-state index in [1.807, 2.05) is 6.07 Å². The summed E-state index contributed by atoms with van der Waals surface area (Å²) in [5.74, 6) is 7.48. The van der Waals surface area contributed by atoms with Gasteiger partial charge in [-0.05, 0) is 112 Å². The highest BCUT2D eigenvalue weighted by Crippen LogP contribution is 2.54. The van der Waals surface area contributed by atoms with Crippen LogP contribution in [-0.4, -0.2) is 0 Å². The fraction of sp³-hybridized carbons (Fsp3) is 0.0566. The lowest BCUT2D eigenvalue weighted by molar-refractivity contribution is 0.837. The molecule has 0 saturated heterocycles. The highest BCUT2D eigenvalue weighted by atomic mass is 15.1. The van der Waals surface area contributed by atoms with Gasteiger partial charge in [-0.2, -0.15) is 0 Å². The maximum absolute atomic E-state index is 3.88. The molecule has 9 rings (SSSR count). The van der Waals surface area contributed by atoms with E-state index in [0.717, 1.165) is 28.2 Å². The zero-order valence-electron chi connectivity index (χ0n) is 30.5. The minimum atomic E-state index is -0.671. The fourth-order valence-corrected chi connectivity index (χ4v) is 7.85. The molecule has 1 atom stereocenters. The summed E-state index contributed by atoms with van der Waals surface area (Å²) >= 11 is 0. The molecule has 0 aliphatic heterocycles. The van der Waals surface area contributed by atoms with Crippen LogP contribution in [0.4, 0.5) is 17.1 Å². The number of aryl methyl sites for hydroxylation is 2. The molecule has 8 aromatic carbocycles. The predicted octanol–water partition coefficient (Wildman–Crippen LogP) is 13.5. The minimum absolute atomic E-state index is 0.671. The van der Waals surface area contributed by atoms with Crippen molar-refractivity contribution >= 4 is 17.1 Å². The Labute approximate surface area is 318 Å². The lowest BCUT2D eigenvalue weighted by atomic mass is 9.72. The van der Waals surface area contributed by atoms with Gasteiger partial charge in [-0.15, -0.1) is 0 Å². The second-order valence-corrected chi connectivity index (χ2v) is 14.2. The number of hydrogen-bond donors (Lipinski definition) is 0. The monoisotopic (exact) mass is 689 g/mol. The third-order valence-corrected chi connectivity index (χ3v) is 10.7. The highest BCUT2D eigenvalue weighted by molar-refractivity contribution is 5.90. The average molecular weight is 690 g/mol. The van der Waals surface area contributed by atoms with Gasteiger partial charge in [0.05, 0.1) is 0 Å². The van der Waals surface area contributed by atoms with Crippen LogP contribution in [0.25, 0.3) is 33.4 Å². The van der Waals surface area contributed by atoms with E-state index in [9.17, 15) is 0 Å². The predicted molar refractivity (Wildman–Crippen MR) is 227 cm³/mol. The first-order valence-corrected chi connectivity index (χ1v) is 18.6. The molecule has 1 aliphatic rings. The van der Waals surface area contributed by atoms with Crippen molar-refractivity contribution in [3.05, 3.63) is 234 Å². The second kappa shape index (κ2) is 13.9. The molecule has 0 N–H and O–H groups in total. The maximum atomic E-state index is 3.88. The molecule has 0 spiro atoms. The summed E-state index contributed by atoms with van der Waals surface area (Å²) in [6, 6.07) is 72.2. The molecule has 1 unspecified atom stereocenters. The lowest BCUT2D eigenvalue weighted by Crippen LogP contribution is -2.25. The highest BCUT2D eigenvalue weighted by Gasteiger charge is 2.44. The lowest BCUT2D eigenvalue weighted by Gasteiger charge is -2.30. The van der Waals surface area contributed by atoms with E-state index in [4.69, 9.17) is 0 Å². The summed E-state index contributed by atoms with van der Waals surface area (Å²) in [6.45, 7) is 4.26. The standard InChI is InChI=1S/C53H39N/c1-38-17-21-41(22-18-38)43-25-29-46(30-26-43)54(47-31-27-44(28-32-47)42-23-19-39(2)20-24-42)48-33-34-50-49-15-9-10-16-51(49)53(52(50)37-48,45-13-7-4-8-14-45)36-35-40-11-5-3-6-12-40/h3-34,37H,1-2H3. The molecule has 0 amide bonds. The molecule has 1 nitrogen and oxygen atoms in total. The van der Waals surface area contributed by atoms with Gasteiger partial charge in [-0.25, -0.2) is 0 Å². The SMILES string of the molecule is Cc1ccc(-c2ccc(N(c3ccc(-c4ccc(C)cc4)cc3)c3ccc4c(c3)C(C#Cc3ccccc3)(c3ccccc3)c3ccccc3-4)cc2)cc1. The van der Waals surface area contributed by atoms with Crippen LogP contribution in [-0.2, 0) is 5.41 Å². The molecule has 0 saturated carbocycles. The van der Waals surface area contributed by atoms with Crippen LogP contribution in [0.15, 0.2) is 200 Å². The fourth-order valence-electron chi connectivity index (χ4n) is 7.85. The van der Waals surface area contributed by atoms with E-state index < -0.39 is 5.41 Å². The number of hydrogen-bond acceptors (Lipinski definition) is 1. The van der Waals surface area contributed by atoms with Crippen LogP contribution in [0, 0.1) is 25.7 Å². The van der Waals surface area contributed by atoms with Crippen LogP contribution < -0.4 is 4.90 Å². The van der Waals surface area contributed by atoms with Crippen molar-refractivity contribution in [2.75, 3.05) is 4.90 Å². The Morgan fingerprint density at radius 2 is 0.833 bits per heavy atom. The molecule has 0 fully saturated rings. The minimum Gasteiger partial charge on any atom is -0.310 e. The van der Waals surface area contributed by atoms with Crippen LogP contribution in [0.1, 0.15) is 33.4 Å². The first-order chi connectivity index (χ1) is 26.6. The third-order valence-electron chi connectivity index (χ3n) is 10.7. The topological polar surface area (TPSA) is 3.24 Å². The molecule has 1 heteroatoms. The van der Waals surface area contributed by atoms with Gasteiger partial charge in [0.15, 0.2) is 0 Å². The van der Waals surface area contributed by atoms with E-state index >= 15 is 0 Å². The van der Waals surface area contributed by atoms with E-state index in [0.29, 0.717) is 0 Å². The van der Waals surface area contributed by atoms with Crippen molar-refractivity contribution in [2.24, 2.45) is 0 Å². The molecule has 0 aromatic heterocycles. The molecule has 0 heterocycles. The van der Waals surface area contributed by atoms with Crippen molar-refractivity contribution in [3.63, 3.8) is 0 Å². The second-order valence-electron chi connectivity index (χ2n) is 14.2. The van der Waals surface area contributed by atoms with Crippen molar-refractivity contribution in [1.82, 2.24) is 0 Å². The van der Waals surface area contributed by atoms with Gasteiger partial charge in [-0.3, -0.25) is 0 Å². The largest absolute Gasteiger partial charge is 0.310 e. The van der Waals surface area contributed by atoms with Gasteiger partial charge in [0.25, 0.3) is 0 Å². The Balaban J connectivity index is 1.23. The van der Waals surface area contributed by atoms with Crippen molar-refractivity contribution in [3.8, 4) is 45.2 Å². The zero-order chi connectivity index (χ0) is 36.5. The summed E-state index contributed by atoms with van der Waals surface area (Å²) in [5.41, 5.74) is 16.9. The van der Waals surface area contributed by atoms with Gasteiger partial charge >= 0.3 is 0 Å². The zero-order valence-corrected chi connectivity index (χ0v) is 30.5. The van der Waals surface area contributed by atoms with Gasteiger partial charge in [0.2, 0.25) is 0 Å². The number of benzene rings is 8. The molecular formula is C53H39N. The Bertz CT molecular complexity index is 2540. The Morgan fingerprint density at radius 3 is 1.39 bits per heavy atom. The molecule has 54 heavy (non-hydrogen) atoms. The molecular weight excluding hydrogens is 651 g/mol. The quantitative estimate of drug-likeness (QED) is 0.157. The number of nitrogens with zero attached hydrogens (tertiary/aromatic N) is 1. The Kier molecular flexibility index (Phi) is 8.51. The van der Waals surface area contributed by atoms with Gasteiger partial charge in [-0.1, -0.05) is 175 Å². The van der Waals surface area contributed by atoms with Crippen molar-refractivity contribution in [2.45, 2.75) is 19.3 Å². The molecule has 256 valence electrons. The summed E-state index contributed by atoms with van der Waals surface area (Å²) < 4.78 is 0. The van der Waals surface area contributed by atoms with E-state index in [-0.39, 0.29) is 0 Å². The third kappa shape index (κ3) is 5.99. The summed E-state index contributed by atoms with van der Waals surface area (Å²) in [7, 11) is 0. The average Bonchev–Trinajstić information content (AvgIpc) is 3.52. The summed E-state index contributed by atoms with van der Waals surface area (Å²) in [4.78, 5) is 2.38. The number of rotatable bonds is 6. The van der Waals surface area contributed by atoms with Crippen LogP contribution in [0.2, 0.25) is 0 Å². The van der Waals surface area contributed by atoms with E-state index in [2.05, 4.69) is 225 Å².